The van der Waals surface area contributed by atoms with Gasteiger partial charge in [-0.3, -0.25) is 0 Å². The van der Waals surface area contributed by atoms with Gasteiger partial charge in [-0.15, -0.1) is 0 Å². The Morgan fingerprint density at radius 2 is 2.00 bits per heavy atom. The molecule has 42 valence electrons. The number of hydrogen-bond acceptors (Lipinski definition) is 0. The van der Waals surface area contributed by atoms with Crippen LogP contribution < -0.4 is 0 Å². The Morgan fingerprint density at radius 3 is 2.00 bits per heavy atom. The molecule has 1 unspecified atom stereocenters. The van der Waals surface area contributed by atoms with Gasteiger partial charge in [-0.1, -0.05) is 6.58 Å². The van der Waals surface area contributed by atoms with E-state index in [-0.39, 0.29) is 0 Å². The molecule has 7 heavy (non-hydrogen) atoms. The minimum Gasteiger partial charge on any atom is -0.224 e. The fourth-order valence-corrected chi connectivity index (χ4v) is 0. The first-order valence-electron chi connectivity index (χ1n) is 1.67. The van der Waals surface area contributed by atoms with Crippen molar-refractivity contribution in [3.8, 4) is 0 Å². The van der Waals surface area contributed by atoms with Gasteiger partial charge in [-0.05, 0) is 22.9 Å². The van der Waals surface area contributed by atoms with Crippen molar-refractivity contribution in [3.63, 3.8) is 0 Å². The summed E-state index contributed by atoms with van der Waals surface area (Å²) in [5.41, 5.74) is 0. The summed E-state index contributed by atoms with van der Waals surface area (Å²) in [5, 5.41) is 0. The molecule has 0 aromatic heterocycles. The van der Waals surface area contributed by atoms with Crippen LogP contribution in [0.25, 0.3) is 0 Å². The van der Waals surface area contributed by atoms with E-state index >= 15 is 0 Å². The van der Waals surface area contributed by atoms with Crippen LogP contribution in [0.5, 0.6) is 0 Å². The largest absolute Gasteiger partial charge is 0.224 e. The van der Waals surface area contributed by atoms with Gasteiger partial charge in [0.05, 0.1) is 0 Å². The van der Waals surface area contributed by atoms with Crippen LogP contribution in [-0.2, 0) is 0 Å². The van der Waals surface area contributed by atoms with Gasteiger partial charge in [0.2, 0.25) is 4.58 Å². The molecule has 0 radical (unpaired) electrons. The molecule has 0 spiro atoms. The van der Waals surface area contributed by atoms with E-state index in [4.69, 9.17) is 0 Å². The Morgan fingerprint density at radius 1 is 1.86 bits per heavy atom. The molecule has 0 aliphatic heterocycles. The van der Waals surface area contributed by atoms with Gasteiger partial charge in [-0.2, -0.15) is 0 Å². The molecule has 1 atom stereocenters. The standard InChI is InChI=1S/C4H5BrF2/c1-3(6)4(2,5)7/h1H2,2H3. The number of alkyl halides is 2. The molecule has 0 heterocycles. The Bertz CT molecular complexity index is 82.2. The zero-order chi connectivity index (χ0) is 6.08. The fourth-order valence-electron chi connectivity index (χ4n) is 0. The maximum absolute atomic E-state index is 12.0. The minimum absolute atomic E-state index is 1.01. The predicted octanol–water partition coefficient (Wildman–Crippen LogP) is 2.55. The van der Waals surface area contributed by atoms with Gasteiger partial charge in [0.25, 0.3) is 0 Å². The highest BCUT2D eigenvalue weighted by Gasteiger charge is 2.21. The third-order valence-electron chi connectivity index (χ3n) is 0.476. The van der Waals surface area contributed by atoms with Gasteiger partial charge in [-0.25, -0.2) is 8.78 Å². The summed E-state index contributed by atoms with van der Waals surface area (Å²) in [6.45, 7) is 3.77. The van der Waals surface area contributed by atoms with Crippen LogP contribution in [0.2, 0.25) is 0 Å². The zero-order valence-corrected chi connectivity index (χ0v) is 5.43. The molecule has 0 fully saturated rings. The molecular weight excluding hydrogens is 166 g/mol. The molecule has 0 nitrogen and oxygen atoms in total. The first kappa shape index (κ1) is 7.08. The summed E-state index contributed by atoms with van der Waals surface area (Å²) in [4.78, 5) is 0. The normalized spacial score (nSPS) is 18.3. The second kappa shape index (κ2) is 1.90. The van der Waals surface area contributed by atoms with Crippen molar-refractivity contribution >= 4 is 15.9 Å². The quantitative estimate of drug-likeness (QED) is 0.531. The van der Waals surface area contributed by atoms with Crippen LogP contribution in [0.4, 0.5) is 8.78 Å². The molecule has 0 saturated carbocycles. The number of hydrogen-bond donors (Lipinski definition) is 0. The zero-order valence-electron chi connectivity index (χ0n) is 3.84. The second-order valence-electron chi connectivity index (χ2n) is 1.29. The van der Waals surface area contributed by atoms with E-state index < -0.39 is 10.4 Å². The van der Waals surface area contributed by atoms with Crippen LogP contribution in [0.3, 0.4) is 0 Å². The highest BCUT2D eigenvalue weighted by atomic mass is 79.9. The fraction of sp³-hybridized carbons (Fsp3) is 0.500. The van der Waals surface area contributed by atoms with Crippen LogP contribution in [0.1, 0.15) is 6.92 Å². The summed E-state index contributed by atoms with van der Waals surface area (Å²) < 4.78 is 21.5. The lowest BCUT2D eigenvalue weighted by Gasteiger charge is -2.04. The van der Waals surface area contributed by atoms with Gasteiger partial charge in [0.15, 0.2) is 0 Å². The van der Waals surface area contributed by atoms with Gasteiger partial charge < -0.3 is 0 Å². The lowest BCUT2D eigenvalue weighted by atomic mass is 10.4. The van der Waals surface area contributed by atoms with Crippen molar-refractivity contribution in [2.45, 2.75) is 11.5 Å². The SMILES string of the molecule is C=C(F)C(C)(F)Br. The number of rotatable bonds is 1. The van der Waals surface area contributed by atoms with Crippen LogP contribution >= 0.6 is 15.9 Å². The molecule has 0 bridgehead atoms. The van der Waals surface area contributed by atoms with Gasteiger partial charge in [0.1, 0.15) is 5.83 Å². The van der Waals surface area contributed by atoms with Crippen LogP contribution in [0, 0.1) is 0 Å². The third kappa shape index (κ3) is 2.74. The molecule has 0 N–H and O–H groups in total. The lowest BCUT2D eigenvalue weighted by molar-refractivity contribution is 0.321. The van der Waals surface area contributed by atoms with Crippen molar-refractivity contribution < 1.29 is 8.78 Å². The molecule has 0 aliphatic rings. The van der Waals surface area contributed by atoms with Gasteiger partial charge >= 0.3 is 0 Å². The molecule has 3 heteroatoms. The van der Waals surface area contributed by atoms with E-state index in [0.29, 0.717) is 0 Å². The maximum Gasteiger partial charge on any atom is 0.212 e. The first-order valence-corrected chi connectivity index (χ1v) is 2.46. The molecule has 0 amide bonds. The van der Waals surface area contributed by atoms with Crippen LogP contribution in [0.15, 0.2) is 12.4 Å². The highest BCUT2D eigenvalue weighted by molar-refractivity contribution is 9.10. The minimum atomic E-state index is -2.05. The van der Waals surface area contributed by atoms with Crippen molar-refractivity contribution in [3.05, 3.63) is 12.4 Å². The second-order valence-corrected chi connectivity index (χ2v) is 2.78. The van der Waals surface area contributed by atoms with Crippen molar-refractivity contribution in [2.75, 3.05) is 0 Å². The summed E-state index contributed by atoms with van der Waals surface area (Å²) in [5.74, 6) is -1.01. The van der Waals surface area contributed by atoms with E-state index in [1.54, 1.807) is 0 Å². The Labute approximate surface area is 49.3 Å². The maximum atomic E-state index is 12.0. The smallest absolute Gasteiger partial charge is 0.212 e. The number of halogens is 3. The molecule has 0 saturated heterocycles. The van der Waals surface area contributed by atoms with E-state index in [0.717, 1.165) is 6.92 Å². The number of allylic oxidation sites excluding steroid dienone is 1. The highest BCUT2D eigenvalue weighted by Crippen LogP contribution is 2.27. The third-order valence-corrected chi connectivity index (χ3v) is 0.907. The molecule has 0 aromatic rings. The van der Waals surface area contributed by atoms with E-state index in [9.17, 15) is 8.78 Å². The summed E-state index contributed by atoms with van der Waals surface area (Å²) >= 11 is 2.40. The van der Waals surface area contributed by atoms with E-state index in [1.165, 1.54) is 0 Å². The van der Waals surface area contributed by atoms with Crippen molar-refractivity contribution in [2.24, 2.45) is 0 Å². The Balaban J connectivity index is 3.79. The molecule has 0 rings (SSSR count). The average molecular weight is 171 g/mol. The van der Waals surface area contributed by atoms with Crippen molar-refractivity contribution in [1.82, 2.24) is 0 Å². The van der Waals surface area contributed by atoms with Crippen LogP contribution in [-0.4, -0.2) is 4.58 Å². The first-order chi connectivity index (χ1) is 2.94. The average Bonchev–Trinajstić information content (AvgIpc) is 1.31. The monoisotopic (exact) mass is 170 g/mol. The van der Waals surface area contributed by atoms with Crippen molar-refractivity contribution in [1.29, 1.82) is 0 Å². The summed E-state index contributed by atoms with van der Waals surface area (Å²) in [7, 11) is 0. The molecule has 0 aliphatic carbocycles. The topological polar surface area (TPSA) is 0 Å². The summed E-state index contributed by atoms with van der Waals surface area (Å²) in [6, 6.07) is 0. The summed E-state index contributed by atoms with van der Waals surface area (Å²) in [6.07, 6.45) is 0. The molecule has 0 aromatic carbocycles. The van der Waals surface area contributed by atoms with E-state index in [2.05, 4.69) is 22.5 Å². The Hall–Kier alpha value is 0.0800. The molecular formula is C4H5BrF2. The predicted molar refractivity (Wildman–Crippen MR) is 28.7 cm³/mol. The van der Waals surface area contributed by atoms with E-state index in [1.807, 2.05) is 0 Å². The van der Waals surface area contributed by atoms with Gasteiger partial charge in [0, 0.05) is 0 Å². The lowest BCUT2D eigenvalue weighted by Crippen LogP contribution is -2.05. The Kier molecular flexibility index (Phi) is 1.92.